The van der Waals surface area contributed by atoms with Crippen molar-refractivity contribution in [2.75, 3.05) is 13.1 Å². The smallest absolute Gasteiger partial charge is 0.198 e. The van der Waals surface area contributed by atoms with Crippen LogP contribution < -0.4 is 5.32 Å². The quantitative estimate of drug-likeness (QED) is 0.879. The van der Waals surface area contributed by atoms with Gasteiger partial charge < -0.3 is 9.73 Å². The largest absolute Gasteiger partial charge is 0.437 e. The van der Waals surface area contributed by atoms with Gasteiger partial charge in [0.05, 0.1) is 0 Å². The van der Waals surface area contributed by atoms with Gasteiger partial charge in [-0.25, -0.2) is 9.37 Å². The Kier molecular flexibility index (Phi) is 2.88. The van der Waals surface area contributed by atoms with E-state index in [0.717, 1.165) is 25.9 Å². The number of aromatic nitrogens is 1. The van der Waals surface area contributed by atoms with Gasteiger partial charge >= 0.3 is 0 Å². The number of fused-ring (bicyclic) bond motifs is 1. The maximum atomic E-state index is 13.7. The number of oxazole rings is 1. The van der Waals surface area contributed by atoms with Crippen LogP contribution in [0.2, 0.25) is 0 Å². The van der Waals surface area contributed by atoms with E-state index in [2.05, 4.69) is 26.2 Å². The number of hydrogen-bond donors (Lipinski definition) is 1. The Labute approximate surface area is 107 Å². The molecule has 1 aliphatic rings. The van der Waals surface area contributed by atoms with Crippen molar-refractivity contribution in [2.45, 2.75) is 18.8 Å². The first kappa shape index (κ1) is 11.2. The number of hydrogen-bond acceptors (Lipinski definition) is 3. The van der Waals surface area contributed by atoms with E-state index >= 15 is 0 Å². The van der Waals surface area contributed by atoms with Gasteiger partial charge in [0.15, 0.2) is 17.3 Å². The third-order valence-electron chi connectivity index (χ3n) is 3.11. The van der Waals surface area contributed by atoms with E-state index in [1.165, 1.54) is 6.07 Å². The fraction of sp³-hybridized carbons (Fsp3) is 0.417. The fourth-order valence-corrected chi connectivity index (χ4v) is 2.64. The second-order valence-electron chi connectivity index (χ2n) is 4.31. The molecule has 3 rings (SSSR count). The van der Waals surface area contributed by atoms with Crippen molar-refractivity contribution in [2.24, 2.45) is 0 Å². The topological polar surface area (TPSA) is 38.1 Å². The first-order chi connectivity index (χ1) is 8.24. The highest BCUT2D eigenvalue weighted by molar-refractivity contribution is 9.10. The summed E-state index contributed by atoms with van der Waals surface area (Å²) in [4.78, 5) is 4.39. The third kappa shape index (κ3) is 2.09. The van der Waals surface area contributed by atoms with Crippen molar-refractivity contribution in [1.82, 2.24) is 10.3 Å². The lowest BCUT2D eigenvalue weighted by Gasteiger charge is -2.19. The molecule has 90 valence electrons. The van der Waals surface area contributed by atoms with Crippen LogP contribution in [0.25, 0.3) is 11.1 Å². The highest BCUT2D eigenvalue weighted by atomic mass is 79.9. The SMILES string of the molecule is Fc1cc(Br)cc2nc(C3CCNCC3)oc12. The molecule has 1 saturated heterocycles. The van der Waals surface area contributed by atoms with Gasteiger partial charge in [0.2, 0.25) is 0 Å². The van der Waals surface area contributed by atoms with Gasteiger partial charge in [0.25, 0.3) is 0 Å². The summed E-state index contributed by atoms with van der Waals surface area (Å²) in [7, 11) is 0. The average Bonchev–Trinajstić information content (AvgIpc) is 2.74. The van der Waals surface area contributed by atoms with Crippen LogP contribution in [0.1, 0.15) is 24.7 Å². The van der Waals surface area contributed by atoms with Crippen molar-refractivity contribution in [3.63, 3.8) is 0 Å². The van der Waals surface area contributed by atoms with Gasteiger partial charge in [0.1, 0.15) is 5.52 Å². The summed E-state index contributed by atoms with van der Waals surface area (Å²) < 4.78 is 19.9. The zero-order chi connectivity index (χ0) is 11.8. The molecule has 0 saturated carbocycles. The van der Waals surface area contributed by atoms with Gasteiger partial charge in [-0.05, 0) is 38.1 Å². The van der Waals surface area contributed by atoms with E-state index in [0.29, 0.717) is 21.8 Å². The van der Waals surface area contributed by atoms with Crippen LogP contribution >= 0.6 is 15.9 Å². The molecule has 0 aliphatic carbocycles. The summed E-state index contributed by atoms with van der Waals surface area (Å²) in [6.07, 6.45) is 1.99. The molecule has 1 aromatic heterocycles. The molecular weight excluding hydrogens is 287 g/mol. The van der Waals surface area contributed by atoms with Crippen LogP contribution in [0.5, 0.6) is 0 Å². The van der Waals surface area contributed by atoms with Crippen molar-refractivity contribution in [3.05, 3.63) is 28.3 Å². The molecule has 0 unspecified atom stereocenters. The average molecular weight is 299 g/mol. The zero-order valence-electron chi connectivity index (χ0n) is 9.17. The normalized spacial score (nSPS) is 17.8. The highest BCUT2D eigenvalue weighted by Gasteiger charge is 2.21. The minimum atomic E-state index is -0.359. The minimum Gasteiger partial charge on any atom is -0.437 e. The van der Waals surface area contributed by atoms with E-state index < -0.39 is 0 Å². The van der Waals surface area contributed by atoms with Gasteiger partial charge in [-0.3, -0.25) is 0 Å². The summed E-state index contributed by atoms with van der Waals surface area (Å²) in [5.74, 6) is 0.613. The number of nitrogens with zero attached hydrogens (tertiary/aromatic N) is 1. The van der Waals surface area contributed by atoms with Crippen molar-refractivity contribution >= 4 is 27.0 Å². The van der Waals surface area contributed by atoms with Gasteiger partial charge in [0, 0.05) is 10.4 Å². The van der Waals surface area contributed by atoms with Crippen LogP contribution in [0.3, 0.4) is 0 Å². The number of rotatable bonds is 1. The molecule has 1 aromatic carbocycles. The number of halogens is 2. The maximum Gasteiger partial charge on any atom is 0.198 e. The van der Waals surface area contributed by atoms with E-state index in [-0.39, 0.29) is 11.4 Å². The second kappa shape index (κ2) is 4.38. The molecule has 1 aliphatic heterocycles. The molecule has 1 fully saturated rings. The zero-order valence-corrected chi connectivity index (χ0v) is 10.8. The Bertz CT molecular complexity index is 549. The number of nitrogens with one attached hydrogen (secondary N) is 1. The monoisotopic (exact) mass is 298 g/mol. The molecule has 5 heteroatoms. The molecule has 0 spiro atoms. The Morgan fingerprint density at radius 1 is 1.35 bits per heavy atom. The molecule has 0 amide bonds. The Balaban J connectivity index is 2.03. The van der Waals surface area contributed by atoms with Crippen LogP contribution in [-0.2, 0) is 0 Å². The van der Waals surface area contributed by atoms with E-state index in [4.69, 9.17) is 4.42 Å². The molecule has 2 heterocycles. The van der Waals surface area contributed by atoms with E-state index in [1.54, 1.807) is 6.07 Å². The highest BCUT2D eigenvalue weighted by Crippen LogP contribution is 2.30. The Hall–Kier alpha value is -0.940. The van der Waals surface area contributed by atoms with Crippen molar-refractivity contribution in [1.29, 1.82) is 0 Å². The number of piperidine rings is 1. The summed E-state index contributed by atoms with van der Waals surface area (Å²) in [6, 6.07) is 3.19. The third-order valence-corrected chi connectivity index (χ3v) is 3.57. The molecule has 17 heavy (non-hydrogen) atoms. The molecule has 0 bridgehead atoms. The van der Waals surface area contributed by atoms with Crippen LogP contribution in [0.4, 0.5) is 4.39 Å². The molecule has 3 nitrogen and oxygen atoms in total. The summed E-state index contributed by atoms with van der Waals surface area (Å²) in [5.41, 5.74) is 0.854. The Morgan fingerprint density at radius 2 is 2.12 bits per heavy atom. The van der Waals surface area contributed by atoms with Crippen molar-refractivity contribution in [3.8, 4) is 0 Å². The van der Waals surface area contributed by atoms with Crippen LogP contribution in [0, 0.1) is 5.82 Å². The molecular formula is C12H12BrFN2O. The van der Waals surface area contributed by atoms with E-state index in [9.17, 15) is 4.39 Å². The van der Waals surface area contributed by atoms with Crippen molar-refractivity contribution < 1.29 is 8.81 Å². The van der Waals surface area contributed by atoms with Gasteiger partial charge in [-0.1, -0.05) is 15.9 Å². The summed E-state index contributed by atoms with van der Waals surface area (Å²) in [6.45, 7) is 1.94. The van der Waals surface area contributed by atoms with Gasteiger partial charge in [-0.2, -0.15) is 0 Å². The van der Waals surface area contributed by atoms with Crippen LogP contribution in [-0.4, -0.2) is 18.1 Å². The lowest BCUT2D eigenvalue weighted by Crippen LogP contribution is -2.26. The number of benzene rings is 1. The Morgan fingerprint density at radius 3 is 2.88 bits per heavy atom. The lowest BCUT2D eigenvalue weighted by molar-refractivity contribution is 0.382. The summed E-state index contributed by atoms with van der Waals surface area (Å²) in [5, 5.41) is 3.29. The predicted octanol–water partition coefficient (Wildman–Crippen LogP) is 3.20. The molecule has 1 N–H and O–H groups in total. The maximum absolute atomic E-state index is 13.7. The van der Waals surface area contributed by atoms with Crippen LogP contribution in [0.15, 0.2) is 21.0 Å². The minimum absolute atomic E-state index is 0.265. The van der Waals surface area contributed by atoms with Gasteiger partial charge in [-0.15, -0.1) is 0 Å². The van der Waals surface area contributed by atoms with E-state index in [1.807, 2.05) is 0 Å². The predicted molar refractivity (Wildman–Crippen MR) is 66.5 cm³/mol. The first-order valence-electron chi connectivity index (χ1n) is 5.70. The molecule has 0 radical (unpaired) electrons. The summed E-state index contributed by atoms with van der Waals surface area (Å²) >= 11 is 3.26. The molecule has 2 aromatic rings. The first-order valence-corrected chi connectivity index (χ1v) is 6.49. The lowest BCUT2D eigenvalue weighted by atomic mass is 9.98. The molecule has 0 atom stereocenters. The second-order valence-corrected chi connectivity index (χ2v) is 5.23. The standard InChI is InChI=1S/C12H12BrFN2O/c13-8-5-9(14)11-10(6-8)16-12(17-11)7-1-3-15-4-2-7/h5-7,15H,1-4H2. The fourth-order valence-electron chi connectivity index (χ4n) is 2.22.